The number of halogens is 3. The molecule has 0 spiro atoms. The molecule has 0 fully saturated rings. The fraction of sp³-hybridized carbons (Fsp3) is 0.235. The molecule has 0 N–H and O–H groups in total. The van der Waals surface area contributed by atoms with Gasteiger partial charge in [0.15, 0.2) is 10.8 Å². The van der Waals surface area contributed by atoms with E-state index in [0.717, 1.165) is 17.1 Å². The van der Waals surface area contributed by atoms with E-state index in [9.17, 15) is 13.2 Å². The maximum atomic E-state index is 13.0. The Bertz CT molecular complexity index is 1050. The van der Waals surface area contributed by atoms with E-state index in [4.69, 9.17) is 0 Å². The molecule has 26 heavy (non-hydrogen) atoms. The Labute approximate surface area is 150 Å². The number of fused-ring (bicyclic) bond motifs is 1. The Balaban J connectivity index is 1.77. The average Bonchev–Trinajstić information content (AvgIpc) is 3.32. The van der Waals surface area contributed by atoms with Crippen molar-refractivity contribution < 1.29 is 13.2 Å². The van der Waals surface area contributed by atoms with Crippen LogP contribution in [0.25, 0.3) is 21.9 Å². The van der Waals surface area contributed by atoms with Gasteiger partial charge in [0, 0.05) is 30.5 Å². The second-order valence-corrected chi connectivity index (χ2v) is 6.58. The molecule has 1 aromatic carbocycles. The summed E-state index contributed by atoms with van der Waals surface area (Å²) in [4.78, 5) is 13.1. The van der Waals surface area contributed by atoms with Crippen LogP contribution in [0.15, 0.2) is 42.2 Å². The molecular formula is C17H14F3N5S. The third-order valence-electron chi connectivity index (χ3n) is 4.12. The van der Waals surface area contributed by atoms with E-state index >= 15 is 0 Å². The molecule has 0 bridgehead atoms. The molecule has 0 unspecified atom stereocenters. The van der Waals surface area contributed by atoms with Crippen molar-refractivity contribution in [3.63, 3.8) is 0 Å². The highest BCUT2D eigenvalue weighted by Crippen LogP contribution is 2.32. The van der Waals surface area contributed by atoms with Crippen molar-refractivity contribution >= 4 is 22.4 Å². The minimum absolute atomic E-state index is 0.402. The van der Waals surface area contributed by atoms with E-state index in [-0.39, 0.29) is 0 Å². The summed E-state index contributed by atoms with van der Waals surface area (Å²) in [6.07, 6.45) is 0.827. The van der Waals surface area contributed by atoms with E-state index in [0.29, 0.717) is 35.8 Å². The lowest BCUT2D eigenvalue weighted by atomic mass is 10.2. The molecule has 0 aliphatic heterocycles. The summed E-state index contributed by atoms with van der Waals surface area (Å²) in [5.41, 5.74) is 0.358. The van der Waals surface area contributed by atoms with E-state index in [1.165, 1.54) is 17.4 Å². The van der Waals surface area contributed by atoms with Gasteiger partial charge >= 0.3 is 6.18 Å². The van der Waals surface area contributed by atoms with Crippen LogP contribution in [0.5, 0.6) is 0 Å². The molecule has 0 aliphatic carbocycles. The van der Waals surface area contributed by atoms with Crippen molar-refractivity contribution in [2.75, 3.05) is 0 Å². The van der Waals surface area contributed by atoms with Crippen LogP contribution >= 0.6 is 11.3 Å². The predicted octanol–water partition coefficient (Wildman–Crippen LogP) is 4.44. The number of hydrogen-bond acceptors (Lipinski definition) is 4. The standard InChI is InChI=1S/C17H14F3N5S/c1-2-25-13-9-11(17(18,19)20)3-4-12(13)23-14(25)10-24-7-5-21-15(24)16-22-6-8-26-16/h3-9H,2,10H2,1H3. The van der Waals surface area contributed by atoms with Crippen LogP contribution in [0.1, 0.15) is 18.3 Å². The molecule has 0 atom stereocenters. The van der Waals surface area contributed by atoms with Crippen molar-refractivity contribution in [1.82, 2.24) is 24.1 Å². The molecule has 9 heteroatoms. The third-order valence-corrected chi connectivity index (χ3v) is 4.89. The van der Waals surface area contributed by atoms with Gasteiger partial charge in [-0.25, -0.2) is 15.0 Å². The van der Waals surface area contributed by atoms with Crippen LogP contribution < -0.4 is 0 Å². The number of thiazole rings is 1. The molecule has 0 saturated heterocycles. The molecule has 0 amide bonds. The summed E-state index contributed by atoms with van der Waals surface area (Å²) in [5, 5.41) is 2.66. The van der Waals surface area contributed by atoms with Crippen LogP contribution in [-0.4, -0.2) is 24.1 Å². The Morgan fingerprint density at radius 2 is 2.00 bits per heavy atom. The Morgan fingerprint density at radius 1 is 1.15 bits per heavy atom. The zero-order valence-corrected chi connectivity index (χ0v) is 14.6. The number of imidazole rings is 2. The summed E-state index contributed by atoms with van der Waals surface area (Å²) in [6.45, 7) is 2.81. The quantitative estimate of drug-likeness (QED) is 0.528. The molecule has 4 rings (SSSR count). The van der Waals surface area contributed by atoms with Gasteiger partial charge in [0.2, 0.25) is 0 Å². The maximum absolute atomic E-state index is 13.0. The Morgan fingerprint density at radius 3 is 2.69 bits per heavy atom. The first-order valence-corrected chi connectivity index (χ1v) is 8.82. The van der Waals surface area contributed by atoms with Crippen LogP contribution in [0, 0.1) is 0 Å². The van der Waals surface area contributed by atoms with E-state index in [1.807, 2.05) is 23.1 Å². The smallest absolute Gasteiger partial charge is 0.327 e. The second-order valence-electron chi connectivity index (χ2n) is 5.69. The molecule has 0 radical (unpaired) electrons. The van der Waals surface area contributed by atoms with Crippen molar-refractivity contribution in [3.05, 3.63) is 53.6 Å². The molecule has 5 nitrogen and oxygen atoms in total. The minimum atomic E-state index is -4.38. The van der Waals surface area contributed by atoms with Crippen molar-refractivity contribution in [3.8, 4) is 10.8 Å². The summed E-state index contributed by atoms with van der Waals surface area (Å²) in [6, 6.07) is 3.64. The zero-order chi connectivity index (χ0) is 18.3. The predicted molar refractivity (Wildman–Crippen MR) is 92.8 cm³/mol. The number of aromatic nitrogens is 5. The molecule has 3 aromatic heterocycles. The topological polar surface area (TPSA) is 48.5 Å². The summed E-state index contributed by atoms with van der Waals surface area (Å²) in [5.74, 6) is 1.39. The van der Waals surface area contributed by atoms with Crippen LogP contribution in [0.2, 0.25) is 0 Å². The number of hydrogen-bond donors (Lipinski definition) is 0. The molecule has 0 aliphatic rings. The van der Waals surface area contributed by atoms with Crippen molar-refractivity contribution in [2.45, 2.75) is 26.2 Å². The number of benzene rings is 1. The van der Waals surface area contributed by atoms with Gasteiger partial charge in [-0.3, -0.25) is 0 Å². The third kappa shape index (κ3) is 2.88. The fourth-order valence-corrected chi connectivity index (χ4v) is 3.59. The Hall–Kier alpha value is -2.68. The summed E-state index contributed by atoms with van der Waals surface area (Å²) >= 11 is 1.48. The number of alkyl halides is 3. The van der Waals surface area contributed by atoms with Gasteiger partial charge < -0.3 is 9.13 Å². The minimum Gasteiger partial charge on any atom is -0.327 e. The normalized spacial score (nSPS) is 12.2. The molecule has 4 aromatic rings. The lowest BCUT2D eigenvalue weighted by Gasteiger charge is -2.10. The van der Waals surface area contributed by atoms with Gasteiger partial charge in [0.1, 0.15) is 5.82 Å². The largest absolute Gasteiger partial charge is 0.416 e. The zero-order valence-electron chi connectivity index (χ0n) is 13.7. The highest BCUT2D eigenvalue weighted by atomic mass is 32.1. The number of nitrogens with zero attached hydrogens (tertiary/aromatic N) is 5. The SMILES string of the molecule is CCn1c(Cn2ccnc2-c2nccs2)nc2ccc(C(F)(F)F)cc21. The number of aryl methyl sites for hydroxylation is 1. The van der Waals surface area contributed by atoms with Crippen molar-refractivity contribution in [2.24, 2.45) is 0 Å². The van der Waals surface area contributed by atoms with Crippen LogP contribution in [-0.2, 0) is 19.3 Å². The average molecular weight is 377 g/mol. The van der Waals surface area contributed by atoms with Gasteiger partial charge in [-0.2, -0.15) is 13.2 Å². The van der Waals surface area contributed by atoms with Gasteiger partial charge in [-0.15, -0.1) is 11.3 Å². The van der Waals surface area contributed by atoms with Crippen LogP contribution in [0.4, 0.5) is 13.2 Å². The molecule has 3 heterocycles. The van der Waals surface area contributed by atoms with E-state index < -0.39 is 11.7 Å². The van der Waals surface area contributed by atoms with Gasteiger partial charge in [0.05, 0.1) is 23.1 Å². The first-order chi connectivity index (χ1) is 12.5. The monoisotopic (exact) mass is 377 g/mol. The summed E-state index contributed by atoms with van der Waals surface area (Å²) < 4.78 is 42.8. The first-order valence-electron chi connectivity index (χ1n) is 7.94. The van der Waals surface area contributed by atoms with Gasteiger partial charge in [-0.1, -0.05) is 0 Å². The Kier molecular flexibility index (Phi) is 4.03. The second kappa shape index (κ2) is 6.24. The first kappa shape index (κ1) is 16.8. The van der Waals surface area contributed by atoms with Crippen LogP contribution in [0.3, 0.4) is 0 Å². The maximum Gasteiger partial charge on any atom is 0.416 e. The molecular weight excluding hydrogens is 363 g/mol. The highest BCUT2D eigenvalue weighted by Gasteiger charge is 2.31. The highest BCUT2D eigenvalue weighted by molar-refractivity contribution is 7.13. The molecule has 0 saturated carbocycles. The lowest BCUT2D eigenvalue weighted by Crippen LogP contribution is -2.09. The van der Waals surface area contributed by atoms with E-state index in [2.05, 4.69) is 15.0 Å². The van der Waals surface area contributed by atoms with E-state index in [1.54, 1.807) is 17.0 Å². The molecule has 134 valence electrons. The van der Waals surface area contributed by atoms with Gasteiger partial charge in [-0.05, 0) is 25.1 Å². The lowest BCUT2D eigenvalue weighted by molar-refractivity contribution is -0.137. The van der Waals surface area contributed by atoms with Crippen molar-refractivity contribution in [1.29, 1.82) is 0 Å². The van der Waals surface area contributed by atoms with Gasteiger partial charge in [0.25, 0.3) is 0 Å². The number of rotatable bonds is 4. The fourth-order valence-electron chi connectivity index (χ4n) is 2.94. The summed E-state index contributed by atoms with van der Waals surface area (Å²) in [7, 11) is 0.